The van der Waals surface area contributed by atoms with E-state index in [4.69, 9.17) is 4.84 Å². The number of nitrogens with zero attached hydrogens (tertiary/aromatic N) is 2. The summed E-state index contributed by atoms with van der Waals surface area (Å²) in [6, 6.07) is 8.28. The van der Waals surface area contributed by atoms with Gasteiger partial charge in [-0.25, -0.2) is 4.79 Å². The molecule has 4 nitrogen and oxygen atoms in total. The number of hydrogen-bond donors (Lipinski definition) is 0. The van der Waals surface area contributed by atoms with Crippen LogP contribution in [0, 0.1) is 5.41 Å². The number of anilines is 1. The molecule has 0 saturated carbocycles. The van der Waals surface area contributed by atoms with Crippen molar-refractivity contribution in [2.24, 2.45) is 5.41 Å². The Kier molecular flexibility index (Phi) is 4.70. The summed E-state index contributed by atoms with van der Waals surface area (Å²) in [6.07, 6.45) is 0. The van der Waals surface area contributed by atoms with E-state index in [9.17, 15) is 4.79 Å². The first-order valence-corrected chi connectivity index (χ1v) is 7.63. The molecule has 0 aromatic heterocycles. The molecule has 5 heteroatoms. The zero-order valence-corrected chi connectivity index (χ0v) is 13.8. The van der Waals surface area contributed by atoms with E-state index in [1.165, 1.54) is 5.69 Å². The van der Waals surface area contributed by atoms with E-state index in [2.05, 4.69) is 33.0 Å². The summed E-state index contributed by atoms with van der Waals surface area (Å²) >= 11 is 3.44. The number of hydrogen-bond acceptors (Lipinski definition) is 4. The Bertz CT molecular complexity index is 460. The van der Waals surface area contributed by atoms with Crippen molar-refractivity contribution >= 4 is 27.6 Å². The highest BCUT2D eigenvalue weighted by Crippen LogP contribution is 2.21. The zero-order valence-electron chi connectivity index (χ0n) is 12.2. The molecule has 0 amide bonds. The zero-order chi connectivity index (χ0) is 14.8. The van der Waals surface area contributed by atoms with Crippen molar-refractivity contribution in [3.8, 4) is 0 Å². The van der Waals surface area contributed by atoms with Crippen LogP contribution >= 0.6 is 15.9 Å². The maximum atomic E-state index is 11.8. The lowest BCUT2D eigenvalue weighted by Gasteiger charge is -2.35. The van der Waals surface area contributed by atoms with E-state index >= 15 is 0 Å². The summed E-state index contributed by atoms with van der Waals surface area (Å²) in [5.74, 6) is -0.172. The van der Waals surface area contributed by atoms with Crippen LogP contribution in [0.3, 0.4) is 0 Å². The predicted octanol–water partition coefficient (Wildman–Crippen LogP) is 3.08. The number of halogens is 1. The van der Waals surface area contributed by atoms with Crippen LogP contribution in [-0.2, 0) is 9.63 Å². The van der Waals surface area contributed by atoms with Gasteiger partial charge in [0.25, 0.3) is 0 Å². The Hall–Kier alpha value is -1.07. The summed E-state index contributed by atoms with van der Waals surface area (Å²) in [6.45, 7) is 8.79. The van der Waals surface area contributed by atoms with Gasteiger partial charge < -0.3 is 9.74 Å². The minimum absolute atomic E-state index is 0.172. The fraction of sp³-hybridized carbons (Fsp3) is 0.533. The second-order valence-corrected chi connectivity index (χ2v) is 6.94. The Morgan fingerprint density at radius 1 is 1.10 bits per heavy atom. The van der Waals surface area contributed by atoms with Crippen molar-refractivity contribution in [1.82, 2.24) is 5.06 Å². The van der Waals surface area contributed by atoms with Crippen molar-refractivity contribution in [2.45, 2.75) is 20.8 Å². The lowest BCUT2D eigenvalue weighted by atomic mass is 9.98. The molecule has 0 bridgehead atoms. The first-order chi connectivity index (χ1) is 9.36. The lowest BCUT2D eigenvalue weighted by molar-refractivity contribution is -0.201. The average molecular weight is 341 g/mol. The molecule has 0 N–H and O–H groups in total. The Labute approximate surface area is 128 Å². The molecule has 0 spiro atoms. The second-order valence-electron chi connectivity index (χ2n) is 6.02. The first-order valence-electron chi connectivity index (χ1n) is 6.84. The fourth-order valence-corrected chi connectivity index (χ4v) is 2.21. The minimum atomic E-state index is -0.456. The van der Waals surface area contributed by atoms with E-state index in [1.54, 1.807) is 5.06 Å². The van der Waals surface area contributed by atoms with Gasteiger partial charge in [-0.2, -0.15) is 0 Å². The van der Waals surface area contributed by atoms with Crippen LogP contribution in [0.4, 0.5) is 5.69 Å². The standard InChI is InChI=1S/C15H21BrN2O2/c1-15(2,3)14(19)20-18-10-8-17(9-11-18)13-6-4-12(16)5-7-13/h4-7H,8-11H2,1-3H3. The smallest absolute Gasteiger partial charge is 0.330 e. The van der Waals surface area contributed by atoms with Crippen molar-refractivity contribution in [2.75, 3.05) is 31.1 Å². The average Bonchev–Trinajstić information content (AvgIpc) is 2.39. The molecule has 1 heterocycles. The predicted molar refractivity (Wildman–Crippen MR) is 83.5 cm³/mol. The molecule has 110 valence electrons. The SMILES string of the molecule is CC(C)(C)C(=O)ON1CCN(c2ccc(Br)cc2)CC1. The van der Waals surface area contributed by atoms with Gasteiger partial charge in [0.1, 0.15) is 0 Å². The van der Waals surface area contributed by atoms with Crippen molar-refractivity contribution in [1.29, 1.82) is 0 Å². The highest BCUT2D eigenvalue weighted by Gasteiger charge is 2.27. The molecule has 0 radical (unpaired) electrons. The van der Waals surface area contributed by atoms with Crippen LogP contribution in [0.1, 0.15) is 20.8 Å². The molecule has 0 atom stereocenters. The Morgan fingerprint density at radius 3 is 2.15 bits per heavy atom. The Balaban J connectivity index is 1.86. The van der Waals surface area contributed by atoms with E-state index in [0.29, 0.717) is 0 Å². The van der Waals surface area contributed by atoms with Gasteiger partial charge in [-0.05, 0) is 45.0 Å². The summed E-state index contributed by atoms with van der Waals surface area (Å²) in [5, 5.41) is 1.77. The van der Waals surface area contributed by atoms with Crippen molar-refractivity contribution < 1.29 is 9.63 Å². The first kappa shape index (κ1) is 15.3. The summed E-state index contributed by atoms with van der Waals surface area (Å²) < 4.78 is 1.08. The highest BCUT2D eigenvalue weighted by atomic mass is 79.9. The molecule has 1 aromatic rings. The third-order valence-electron chi connectivity index (χ3n) is 3.25. The molecule has 0 unspecified atom stereocenters. The van der Waals surface area contributed by atoms with Crippen molar-refractivity contribution in [3.63, 3.8) is 0 Å². The second kappa shape index (κ2) is 6.14. The van der Waals surface area contributed by atoms with Crippen LogP contribution in [-0.4, -0.2) is 37.2 Å². The van der Waals surface area contributed by atoms with E-state index in [-0.39, 0.29) is 5.97 Å². The summed E-state index contributed by atoms with van der Waals surface area (Å²) in [7, 11) is 0. The van der Waals surface area contributed by atoms with Crippen molar-refractivity contribution in [3.05, 3.63) is 28.7 Å². The summed E-state index contributed by atoms with van der Waals surface area (Å²) in [4.78, 5) is 19.6. The van der Waals surface area contributed by atoms with Gasteiger partial charge in [-0.3, -0.25) is 0 Å². The maximum Gasteiger partial charge on any atom is 0.330 e. The third kappa shape index (κ3) is 3.96. The number of carbonyl (C=O) groups excluding carboxylic acids is 1. The van der Waals surface area contributed by atoms with Gasteiger partial charge in [0.2, 0.25) is 0 Å². The fourth-order valence-electron chi connectivity index (χ4n) is 1.94. The van der Waals surface area contributed by atoms with E-state index in [1.807, 2.05) is 32.9 Å². The molecule has 1 aliphatic rings. The molecular weight excluding hydrogens is 320 g/mol. The van der Waals surface area contributed by atoms with Gasteiger partial charge in [-0.15, -0.1) is 5.06 Å². The van der Waals surface area contributed by atoms with Crippen LogP contribution < -0.4 is 4.90 Å². The quantitative estimate of drug-likeness (QED) is 0.828. The van der Waals surface area contributed by atoms with E-state index < -0.39 is 5.41 Å². The number of rotatable bonds is 2. The molecular formula is C15H21BrN2O2. The van der Waals surface area contributed by atoms with Gasteiger partial charge in [-0.1, -0.05) is 15.9 Å². The van der Waals surface area contributed by atoms with Gasteiger partial charge in [0.15, 0.2) is 0 Å². The molecule has 20 heavy (non-hydrogen) atoms. The number of benzene rings is 1. The summed E-state index contributed by atoms with van der Waals surface area (Å²) in [5.41, 5.74) is 0.748. The number of piperazine rings is 1. The van der Waals surface area contributed by atoms with Crippen LogP contribution in [0.15, 0.2) is 28.7 Å². The normalized spacial score (nSPS) is 17.1. The molecule has 0 aliphatic carbocycles. The largest absolute Gasteiger partial charge is 0.369 e. The lowest BCUT2D eigenvalue weighted by Crippen LogP contribution is -2.48. The van der Waals surface area contributed by atoms with Gasteiger partial charge in [0.05, 0.1) is 18.5 Å². The van der Waals surface area contributed by atoms with Crippen LogP contribution in [0.25, 0.3) is 0 Å². The van der Waals surface area contributed by atoms with E-state index in [0.717, 1.165) is 30.7 Å². The van der Waals surface area contributed by atoms with Gasteiger partial charge in [0, 0.05) is 23.2 Å². The topological polar surface area (TPSA) is 32.8 Å². The Morgan fingerprint density at radius 2 is 1.65 bits per heavy atom. The van der Waals surface area contributed by atoms with Crippen LogP contribution in [0.5, 0.6) is 0 Å². The molecule has 1 saturated heterocycles. The molecule has 1 fully saturated rings. The molecule has 2 rings (SSSR count). The minimum Gasteiger partial charge on any atom is -0.369 e. The van der Waals surface area contributed by atoms with Crippen LogP contribution in [0.2, 0.25) is 0 Å². The number of carbonyl (C=O) groups is 1. The monoisotopic (exact) mass is 340 g/mol. The maximum absolute atomic E-state index is 11.8. The molecule has 1 aliphatic heterocycles. The number of hydroxylamine groups is 2. The third-order valence-corrected chi connectivity index (χ3v) is 3.78. The van der Waals surface area contributed by atoms with Gasteiger partial charge >= 0.3 is 5.97 Å². The highest BCUT2D eigenvalue weighted by molar-refractivity contribution is 9.10. The molecule has 1 aromatic carbocycles.